The first-order chi connectivity index (χ1) is 5.75. The molecule has 1 rings (SSSR count). The Morgan fingerprint density at radius 2 is 2.33 bits per heavy atom. The van der Waals surface area contributed by atoms with E-state index in [9.17, 15) is 0 Å². The second-order valence-electron chi connectivity index (χ2n) is 3.80. The van der Waals surface area contributed by atoms with Crippen LogP contribution >= 0.6 is 0 Å². The zero-order valence-corrected chi connectivity index (χ0v) is 8.05. The lowest BCUT2D eigenvalue weighted by Gasteiger charge is -2.44. The van der Waals surface area contributed by atoms with Crippen molar-refractivity contribution in [1.82, 2.24) is 4.90 Å². The van der Waals surface area contributed by atoms with E-state index in [4.69, 9.17) is 5.73 Å². The van der Waals surface area contributed by atoms with E-state index in [0.29, 0.717) is 0 Å². The van der Waals surface area contributed by atoms with Gasteiger partial charge in [-0.05, 0) is 32.9 Å². The Morgan fingerprint density at radius 1 is 1.58 bits per heavy atom. The van der Waals surface area contributed by atoms with Gasteiger partial charge in [-0.25, -0.2) is 0 Å². The van der Waals surface area contributed by atoms with Crippen molar-refractivity contribution in [2.24, 2.45) is 5.73 Å². The third kappa shape index (κ3) is 1.70. The molecule has 0 bridgehead atoms. The maximum atomic E-state index is 5.83. The Labute approximate surface area is 75.4 Å². The Bertz CT molecular complexity index is 156. The van der Waals surface area contributed by atoms with Crippen LogP contribution in [0.5, 0.6) is 0 Å². The van der Waals surface area contributed by atoms with E-state index in [0.717, 1.165) is 13.0 Å². The lowest BCUT2D eigenvalue weighted by molar-refractivity contribution is 0.0829. The summed E-state index contributed by atoms with van der Waals surface area (Å²) in [6.07, 6.45) is 6.88. The molecule has 0 radical (unpaired) electrons. The largest absolute Gasteiger partial charge is 0.329 e. The van der Waals surface area contributed by atoms with Crippen molar-refractivity contribution < 1.29 is 0 Å². The number of rotatable bonds is 3. The van der Waals surface area contributed by atoms with Crippen LogP contribution in [0.2, 0.25) is 0 Å². The van der Waals surface area contributed by atoms with Crippen LogP contribution in [-0.4, -0.2) is 30.6 Å². The van der Waals surface area contributed by atoms with Crippen LogP contribution in [0.1, 0.15) is 25.7 Å². The van der Waals surface area contributed by atoms with Crippen molar-refractivity contribution in [2.45, 2.75) is 31.2 Å². The molecule has 0 amide bonds. The van der Waals surface area contributed by atoms with Crippen molar-refractivity contribution in [3.63, 3.8) is 0 Å². The minimum atomic E-state index is 0.222. The highest BCUT2D eigenvalue weighted by atomic mass is 15.2. The molecule has 0 aromatic carbocycles. The van der Waals surface area contributed by atoms with Crippen LogP contribution in [-0.2, 0) is 0 Å². The minimum absolute atomic E-state index is 0.222. The third-order valence-electron chi connectivity index (χ3n) is 3.10. The summed E-state index contributed by atoms with van der Waals surface area (Å²) < 4.78 is 0. The van der Waals surface area contributed by atoms with Crippen LogP contribution in [0, 0.1) is 0 Å². The van der Waals surface area contributed by atoms with Crippen molar-refractivity contribution in [3.05, 3.63) is 12.7 Å². The predicted molar refractivity (Wildman–Crippen MR) is 53.1 cm³/mol. The van der Waals surface area contributed by atoms with Crippen molar-refractivity contribution in [1.29, 1.82) is 0 Å². The standard InChI is InChI=1S/C10H20N2/c1-3-6-10(9-11)7-4-5-8-12(10)2/h3H,1,4-9,11H2,2H3. The number of piperidine rings is 1. The SMILES string of the molecule is C=CCC1(CN)CCCCN1C. The van der Waals surface area contributed by atoms with E-state index < -0.39 is 0 Å². The number of hydrogen-bond donors (Lipinski definition) is 1. The van der Waals surface area contributed by atoms with Gasteiger partial charge < -0.3 is 5.73 Å². The van der Waals surface area contributed by atoms with Crippen LogP contribution in [0.4, 0.5) is 0 Å². The molecule has 0 spiro atoms. The molecule has 2 heteroatoms. The monoisotopic (exact) mass is 168 g/mol. The van der Waals surface area contributed by atoms with Gasteiger partial charge in [0.15, 0.2) is 0 Å². The highest BCUT2D eigenvalue weighted by molar-refractivity contribution is 4.97. The molecule has 0 aromatic rings. The first kappa shape index (κ1) is 9.75. The fourth-order valence-corrected chi connectivity index (χ4v) is 2.10. The highest BCUT2D eigenvalue weighted by Gasteiger charge is 2.33. The Hall–Kier alpha value is -0.340. The van der Waals surface area contributed by atoms with Crippen molar-refractivity contribution in [2.75, 3.05) is 20.1 Å². The summed E-state index contributed by atoms with van der Waals surface area (Å²) in [5.74, 6) is 0. The van der Waals surface area contributed by atoms with Gasteiger partial charge in [-0.2, -0.15) is 0 Å². The minimum Gasteiger partial charge on any atom is -0.329 e. The zero-order chi connectivity index (χ0) is 9.03. The van der Waals surface area contributed by atoms with E-state index in [-0.39, 0.29) is 5.54 Å². The van der Waals surface area contributed by atoms with Crippen LogP contribution < -0.4 is 5.73 Å². The summed E-state index contributed by atoms with van der Waals surface area (Å²) in [6.45, 7) is 5.74. The number of nitrogens with two attached hydrogens (primary N) is 1. The van der Waals surface area contributed by atoms with Gasteiger partial charge in [0.2, 0.25) is 0 Å². The molecule has 0 aliphatic carbocycles. The maximum Gasteiger partial charge on any atom is 0.0362 e. The zero-order valence-electron chi connectivity index (χ0n) is 8.05. The highest BCUT2D eigenvalue weighted by Crippen LogP contribution is 2.29. The molecule has 1 saturated heterocycles. The Kier molecular flexibility index (Phi) is 3.29. The molecule has 0 saturated carbocycles. The first-order valence-electron chi connectivity index (χ1n) is 4.77. The van der Waals surface area contributed by atoms with Gasteiger partial charge in [0.1, 0.15) is 0 Å². The molecule has 2 N–H and O–H groups in total. The first-order valence-corrected chi connectivity index (χ1v) is 4.77. The Balaban J connectivity index is 2.65. The van der Waals surface area contributed by atoms with Crippen LogP contribution in [0.3, 0.4) is 0 Å². The van der Waals surface area contributed by atoms with Crippen LogP contribution in [0.15, 0.2) is 12.7 Å². The fourth-order valence-electron chi connectivity index (χ4n) is 2.10. The summed E-state index contributed by atoms with van der Waals surface area (Å²) in [5, 5.41) is 0. The number of likely N-dealkylation sites (N-methyl/N-ethyl adjacent to an activating group) is 1. The summed E-state index contributed by atoms with van der Waals surface area (Å²) >= 11 is 0. The molecule has 1 fully saturated rings. The van der Waals surface area contributed by atoms with Gasteiger partial charge in [0.05, 0.1) is 0 Å². The van der Waals surface area contributed by atoms with E-state index in [1.54, 1.807) is 0 Å². The third-order valence-corrected chi connectivity index (χ3v) is 3.10. The summed E-state index contributed by atoms with van der Waals surface area (Å²) in [4.78, 5) is 2.40. The van der Waals surface area contributed by atoms with Gasteiger partial charge in [-0.1, -0.05) is 12.5 Å². The average Bonchev–Trinajstić information content (AvgIpc) is 2.10. The summed E-state index contributed by atoms with van der Waals surface area (Å²) in [5.41, 5.74) is 6.05. The van der Waals surface area contributed by atoms with Gasteiger partial charge in [-0.3, -0.25) is 4.90 Å². The average molecular weight is 168 g/mol. The second-order valence-corrected chi connectivity index (χ2v) is 3.80. The lowest BCUT2D eigenvalue weighted by Crippen LogP contribution is -2.54. The molecular formula is C10H20N2. The van der Waals surface area contributed by atoms with E-state index in [2.05, 4.69) is 18.5 Å². The van der Waals surface area contributed by atoms with Crippen LogP contribution in [0.25, 0.3) is 0 Å². The lowest BCUT2D eigenvalue weighted by atomic mass is 9.84. The van der Waals surface area contributed by atoms with Gasteiger partial charge in [0, 0.05) is 12.1 Å². The molecule has 1 aliphatic heterocycles. The molecule has 1 heterocycles. The summed E-state index contributed by atoms with van der Waals surface area (Å²) in [7, 11) is 2.18. The molecule has 12 heavy (non-hydrogen) atoms. The molecule has 70 valence electrons. The van der Waals surface area contributed by atoms with Gasteiger partial charge in [-0.15, -0.1) is 6.58 Å². The number of hydrogen-bond acceptors (Lipinski definition) is 2. The normalized spacial score (nSPS) is 31.8. The fraction of sp³-hybridized carbons (Fsp3) is 0.800. The summed E-state index contributed by atoms with van der Waals surface area (Å²) in [6, 6.07) is 0. The van der Waals surface area contributed by atoms with Crippen molar-refractivity contribution >= 4 is 0 Å². The van der Waals surface area contributed by atoms with Crippen molar-refractivity contribution in [3.8, 4) is 0 Å². The second kappa shape index (κ2) is 4.06. The molecular weight excluding hydrogens is 148 g/mol. The van der Waals surface area contributed by atoms with Gasteiger partial charge in [0.25, 0.3) is 0 Å². The topological polar surface area (TPSA) is 29.3 Å². The maximum absolute atomic E-state index is 5.83. The smallest absolute Gasteiger partial charge is 0.0362 e. The molecule has 1 unspecified atom stereocenters. The molecule has 0 aromatic heterocycles. The molecule has 2 nitrogen and oxygen atoms in total. The predicted octanol–water partition coefficient (Wildman–Crippen LogP) is 1.38. The van der Waals surface area contributed by atoms with E-state index >= 15 is 0 Å². The number of likely N-dealkylation sites (tertiary alicyclic amines) is 1. The molecule has 1 aliphatic rings. The number of nitrogens with zero attached hydrogens (tertiary/aromatic N) is 1. The molecule has 1 atom stereocenters. The Morgan fingerprint density at radius 3 is 2.83 bits per heavy atom. The van der Waals surface area contributed by atoms with Gasteiger partial charge >= 0.3 is 0 Å². The van der Waals surface area contributed by atoms with E-state index in [1.165, 1.54) is 25.8 Å². The van der Waals surface area contributed by atoms with E-state index in [1.807, 2.05) is 6.08 Å². The quantitative estimate of drug-likeness (QED) is 0.645.